The van der Waals surface area contributed by atoms with Crippen molar-refractivity contribution in [2.75, 3.05) is 26.8 Å². The summed E-state index contributed by atoms with van der Waals surface area (Å²) in [7, 11) is -0.887. The van der Waals surface area contributed by atoms with Crippen molar-refractivity contribution < 1.29 is 27.1 Å². The van der Waals surface area contributed by atoms with Crippen molar-refractivity contribution in [3.05, 3.63) is 48.2 Å². The first-order chi connectivity index (χ1) is 12.8. The lowest BCUT2D eigenvalue weighted by Crippen LogP contribution is -2.31. The summed E-state index contributed by atoms with van der Waals surface area (Å²) < 4.78 is 52.0. The van der Waals surface area contributed by atoms with Crippen LogP contribution < -0.4 is 0 Å². The molecule has 2 aromatic rings. The van der Waals surface area contributed by atoms with E-state index in [1.807, 2.05) is 0 Å². The summed E-state index contributed by atoms with van der Waals surface area (Å²) in [6, 6.07) is 5.79. The Morgan fingerprint density at radius 2 is 2.00 bits per heavy atom. The number of rotatable bonds is 6. The largest absolute Gasteiger partial charge is 0.467 e. The van der Waals surface area contributed by atoms with Gasteiger partial charge in [0, 0.05) is 32.3 Å². The van der Waals surface area contributed by atoms with Gasteiger partial charge in [0.2, 0.25) is 0 Å². The highest BCUT2D eigenvalue weighted by atomic mass is 32.2. The van der Waals surface area contributed by atoms with Gasteiger partial charge in [-0.1, -0.05) is 12.1 Å². The van der Waals surface area contributed by atoms with Crippen molar-refractivity contribution in [2.45, 2.75) is 17.0 Å². The molecule has 0 aliphatic carbocycles. The number of methoxy groups -OCH3 is 1. The minimum Gasteiger partial charge on any atom is -0.467 e. The summed E-state index contributed by atoms with van der Waals surface area (Å²) in [5.74, 6) is -1.30. The highest BCUT2D eigenvalue weighted by Gasteiger charge is 2.41. The lowest BCUT2D eigenvalue weighted by molar-refractivity contribution is -0.147. The van der Waals surface area contributed by atoms with Gasteiger partial charge < -0.3 is 14.0 Å². The van der Waals surface area contributed by atoms with E-state index < -0.39 is 22.1 Å². The third-order valence-electron chi connectivity index (χ3n) is 4.46. The molecule has 2 atom stereocenters. The predicted octanol–water partition coefficient (Wildman–Crippen LogP) is 0.905. The summed E-state index contributed by atoms with van der Waals surface area (Å²) in [5.41, 5.74) is 0.727. The maximum Gasteiger partial charge on any atom is 0.331 e. The zero-order valence-corrected chi connectivity index (χ0v) is 15.7. The van der Waals surface area contributed by atoms with Gasteiger partial charge in [0.15, 0.2) is 5.03 Å². The van der Waals surface area contributed by atoms with Gasteiger partial charge in [0.05, 0.1) is 19.5 Å². The predicted molar refractivity (Wildman–Crippen MR) is 92.9 cm³/mol. The highest BCUT2D eigenvalue weighted by molar-refractivity contribution is 7.89. The van der Waals surface area contributed by atoms with Crippen LogP contribution in [0.4, 0.5) is 4.39 Å². The molecule has 1 aromatic heterocycles. The number of ether oxygens (including phenoxy) is 2. The Morgan fingerprint density at radius 1 is 1.30 bits per heavy atom. The summed E-state index contributed by atoms with van der Waals surface area (Å²) in [4.78, 5) is 15.3. The van der Waals surface area contributed by atoms with Gasteiger partial charge in [-0.2, -0.15) is 4.31 Å². The Balaban J connectivity index is 1.86. The molecule has 0 radical (unpaired) electrons. The average molecular weight is 397 g/mol. The van der Waals surface area contributed by atoms with E-state index in [4.69, 9.17) is 4.74 Å². The molecule has 1 aromatic carbocycles. The molecule has 0 bridgehead atoms. The van der Waals surface area contributed by atoms with Crippen LogP contribution in [0.25, 0.3) is 0 Å². The van der Waals surface area contributed by atoms with E-state index in [1.165, 1.54) is 36.1 Å². The zero-order chi connectivity index (χ0) is 19.6. The number of sulfonamides is 1. The van der Waals surface area contributed by atoms with Crippen LogP contribution in [0.3, 0.4) is 0 Å². The van der Waals surface area contributed by atoms with Crippen LogP contribution in [0.2, 0.25) is 0 Å². The molecule has 1 saturated heterocycles. The van der Waals surface area contributed by atoms with Crippen LogP contribution in [0, 0.1) is 5.82 Å². The first kappa shape index (κ1) is 19.5. The molecular weight excluding hydrogens is 377 g/mol. The number of halogens is 1. The quantitative estimate of drug-likeness (QED) is 0.673. The second-order valence-electron chi connectivity index (χ2n) is 6.28. The molecule has 3 rings (SSSR count). The number of hydrogen-bond acceptors (Lipinski definition) is 6. The Hall–Kier alpha value is -2.30. The summed E-state index contributed by atoms with van der Waals surface area (Å²) >= 11 is 0. The number of carbonyl (C=O) groups excluding carboxylic acids is 1. The van der Waals surface area contributed by atoms with Crippen LogP contribution in [0.1, 0.15) is 11.5 Å². The van der Waals surface area contributed by atoms with E-state index in [0.29, 0.717) is 0 Å². The number of esters is 1. The molecule has 146 valence electrons. The molecular formula is C17H20FN3O5S. The summed E-state index contributed by atoms with van der Waals surface area (Å²) in [6.45, 7) is -0.106. The molecule has 1 aliphatic heterocycles. The second-order valence-corrected chi connectivity index (χ2v) is 8.17. The van der Waals surface area contributed by atoms with Crippen LogP contribution in [0.15, 0.2) is 41.8 Å². The molecule has 10 heteroatoms. The SMILES string of the molecule is COC(=O)CO[C@H]1CN(S(=O)(=O)c2cn(C)cn2)C[C@@H]1c1ccc(F)cc1. The number of imidazole rings is 1. The Kier molecular flexibility index (Phi) is 5.59. The number of aryl methyl sites for hydroxylation is 1. The van der Waals surface area contributed by atoms with E-state index in [0.717, 1.165) is 5.56 Å². The monoisotopic (exact) mass is 397 g/mol. The van der Waals surface area contributed by atoms with Crippen molar-refractivity contribution in [3.8, 4) is 0 Å². The molecule has 27 heavy (non-hydrogen) atoms. The van der Waals surface area contributed by atoms with Crippen LogP contribution in [-0.2, 0) is 31.3 Å². The molecule has 0 amide bonds. The zero-order valence-electron chi connectivity index (χ0n) is 14.9. The van der Waals surface area contributed by atoms with Gasteiger partial charge in [-0.05, 0) is 17.7 Å². The van der Waals surface area contributed by atoms with Gasteiger partial charge in [-0.15, -0.1) is 0 Å². The molecule has 1 fully saturated rings. The number of hydrogen-bond donors (Lipinski definition) is 0. The Bertz CT molecular complexity index is 913. The van der Waals surface area contributed by atoms with Crippen molar-refractivity contribution in [2.24, 2.45) is 7.05 Å². The van der Waals surface area contributed by atoms with Gasteiger partial charge >= 0.3 is 5.97 Å². The molecule has 0 saturated carbocycles. The first-order valence-electron chi connectivity index (χ1n) is 8.23. The van der Waals surface area contributed by atoms with E-state index >= 15 is 0 Å². The average Bonchev–Trinajstić information content (AvgIpc) is 3.27. The highest BCUT2D eigenvalue weighted by Crippen LogP contribution is 2.33. The lowest BCUT2D eigenvalue weighted by Gasteiger charge is -2.18. The van der Waals surface area contributed by atoms with Gasteiger partial charge in [0.25, 0.3) is 10.0 Å². The fourth-order valence-corrected chi connectivity index (χ4v) is 4.47. The smallest absolute Gasteiger partial charge is 0.331 e. The Morgan fingerprint density at radius 3 is 2.59 bits per heavy atom. The number of carbonyl (C=O) groups is 1. The fraction of sp³-hybridized carbons (Fsp3) is 0.412. The third kappa shape index (κ3) is 4.18. The molecule has 2 heterocycles. The lowest BCUT2D eigenvalue weighted by atomic mass is 9.96. The second kappa shape index (κ2) is 7.75. The number of nitrogens with zero attached hydrogens (tertiary/aromatic N) is 3. The van der Waals surface area contributed by atoms with Crippen molar-refractivity contribution in [3.63, 3.8) is 0 Å². The van der Waals surface area contributed by atoms with Gasteiger partial charge in [0.1, 0.15) is 12.4 Å². The minimum atomic E-state index is -3.81. The minimum absolute atomic E-state index is 0.0535. The molecule has 0 spiro atoms. The Labute approximate surface area is 156 Å². The number of aromatic nitrogens is 2. The summed E-state index contributed by atoms with van der Waals surface area (Å²) in [5, 5.41) is -0.0588. The molecule has 8 nitrogen and oxygen atoms in total. The molecule has 1 aliphatic rings. The van der Waals surface area contributed by atoms with E-state index in [2.05, 4.69) is 9.72 Å². The van der Waals surface area contributed by atoms with E-state index in [-0.39, 0.29) is 36.5 Å². The summed E-state index contributed by atoms with van der Waals surface area (Å²) in [6.07, 6.45) is 2.25. The van der Waals surface area contributed by atoms with Crippen molar-refractivity contribution in [1.82, 2.24) is 13.9 Å². The van der Waals surface area contributed by atoms with Crippen molar-refractivity contribution >= 4 is 16.0 Å². The maximum atomic E-state index is 13.3. The van der Waals surface area contributed by atoms with Gasteiger partial charge in [-0.3, -0.25) is 0 Å². The van der Waals surface area contributed by atoms with Crippen LogP contribution in [0.5, 0.6) is 0 Å². The maximum absolute atomic E-state index is 13.3. The normalized spacial score (nSPS) is 20.7. The van der Waals surface area contributed by atoms with Crippen molar-refractivity contribution in [1.29, 1.82) is 0 Å². The molecule has 0 N–H and O–H groups in total. The fourth-order valence-electron chi connectivity index (χ4n) is 3.02. The third-order valence-corrected chi connectivity index (χ3v) is 6.18. The van der Waals surface area contributed by atoms with E-state index in [1.54, 1.807) is 23.7 Å². The topological polar surface area (TPSA) is 90.7 Å². The van der Waals surface area contributed by atoms with Crippen LogP contribution >= 0.6 is 0 Å². The van der Waals surface area contributed by atoms with Gasteiger partial charge in [-0.25, -0.2) is 22.6 Å². The standard InChI is InChI=1S/C17H20FN3O5S/c1-20-9-16(19-11-20)27(23,24)21-7-14(12-3-5-13(18)6-4-12)15(8-21)26-10-17(22)25-2/h3-6,9,11,14-15H,7-8,10H2,1-2H3/t14-,15+/m1/s1. The van der Waals surface area contributed by atoms with E-state index in [9.17, 15) is 17.6 Å². The van der Waals surface area contributed by atoms with Crippen LogP contribution in [-0.4, -0.2) is 61.2 Å². The number of benzene rings is 1. The molecule has 0 unspecified atom stereocenters. The first-order valence-corrected chi connectivity index (χ1v) is 9.67.